The number of hydrogen-bond donors (Lipinski definition) is 3. The Morgan fingerprint density at radius 2 is 1.88 bits per heavy atom. The van der Waals surface area contributed by atoms with Crippen molar-refractivity contribution in [1.82, 2.24) is 25.0 Å². The van der Waals surface area contributed by atoms with E-state index in [0.29, 0.717) is 15.9 Å². The zero-order chi connectivity index (χ0) is 24.6. The number of amides is 2. The van der Waals surface area contributed by atoms with E-state index in [1.807, 2.05) is 13.0 Å². The van der Waals surface area contributed by atoms with E-state index in [4.69, 9.17) is 11.6 Å². The molecular formula is C20H19ClN8O4S. The quantitative estimate of drug-likeness (QED) is 0.480. The van der Waals surface area contributed by atoms with Gasteiger partial charge < -0.3 is 10.6 Å². The predicted molar refractivity (Wildman–Crippen MR) is 127 cm³/mol. The zero-order valence-corrected chi connectivity index (χ0v) is 19.8. The van der Waals surface area contributed by atoms with Crippen molar-refractivity contribution in [2.45, 2.75) is 33.2 Å². The lowest BCUT2D eigenvalue weighted by Gasteiger charge is -2.28. The average molecular weight is 503 g/mol. The van der Waals surface area contributed by atoms with Crippen molar-refractivity contribution in [2.24, 2.45) is 5.10 Å². The number of nitrogens with zero attached hydrogens (tertiary/aromatic N) is 5. The average Bonchev–Trinajstić information content (AvgIpc) is 3.37. The molecule has 1 aromatic carbocycles. The molecule has 0 saturated heterocycles. The van der Waals surface area contributed by atoms with Gasteiger partial charge in [0.25, 0.3) is 11.5 Å². The van der Waals surface area contributed by atoms with E-state index in [0.717, 1.165) is 32.2 Å². The number of nitrogens with one attached hydrogen (secondary N) is 3. The van der Waals surface area contributed by atoms with Crippen LogP contribution in [-0.2, 0) is 9.59 Å². The van der Waals surface area contributed by atoms with Crippen molar-refractivity contribution in [3.8, 4) is 0 Å². The van der Waals surface area contributed by atoms with Gasteiger partial charge in [-0.1, -0.05) is 29.0 Å². The van der Waals surface area contributed by atoms with Gasteiger partial charge in [-0.25, -0.2) is 4.68 Å². The molecule has 14 heteroatoms. The fourth-order valence-electron chi connectivity index (χ4n) is 3.30. The number of aryl methyl sites for hydroxylation is 1. The molecule has 12 nitrogen and oxygen atoms in total. The maximum Gasteiger partial charge on any atom is 0.272 e. The summed E-state index contributed by atoms with van der Waals surface area (Å²) in [6.07, 6.45) is 0.202. The molecule has 0 bridgehead atoms. The van der Waals surface area contributed by atoms with Crippen molar-refractivity contribution in [3.63, 3.8) is 0 Å². The van der Waals surface area contributed by atoms with Crippen molar-refractivity contribution >= 4 is 62.5 Å². The molecule has 176 valence electrons. The molecule has 2 amide bonds. The Morgan fingerprint density at radius 3 is 2.56 bits per heavy atom. The van der Waals surface area contributed by atoms with Gasteiger partial charge in [0.15, 0.2) is 0 Å². The third-order valence-electron chi connectivity index (χ3n) is 4.92. The number of halogens is 1. The largest absolute Gasteiger partial charge is 0.348 e. The molecule has 0 saturated carbocycles. The number of hydrogen-bond acceptors (Lipinski definition) is 10. The Morgan fingerprint density at radius 1 is 1.15 bits per heavy atom. The van der Waals surface area contributed by atoms with E-state index in [1.54, 1.807) is 12.1 Å². The van der Waals surface area contributed by atoms with Gasteiger partial charge in [-0.2, -0.15) is 10.1 Å². The lowest BCUT2D eigenvalue weighted by molar-refractivity contribution is -0.144. The van der Waals surface area contributed by atoms with Gasteiger partial charge in [0.2, 0.25) is 22.1 Å². The Hall–Kier alpha value is -3.84. The highest BCUT2D eigenvalue weighted by Crippen LogP contribution is 2.27. The SMILES string of the molecule is CC(=O)N1N=C(c2ccc(Cl)c(C)c2)CC(Nc2nnc(Nc3cc(=O)[nH]n3C(C)=O)s2)C1=O. The summed E-state index contributed by atoms with van der Waals surface area (Å²) >= 11 is 7.18. The van der Waals surface area contributed by atoms with Crippen LogP contribution in [-0.4, -0.2) is 54.5 Å². The predicted octanol–water partition coefficient (Wildman–Crippen LogP) is 2.36. The summed E-state index contributed by atoms with van der Waals surface area (Å²) in [6.45, 7) is 4.41. The van der Waals surface area contributed by atoms with Crippen LogP contribution in [0.5, 0.6) is 0 Å². The highest BCUT2D eigenvalue weighted by molar-refractivity contribution is 7.19. The van der Waals surface area contributed by atoms with Crippen LogP contribution in [0, 0.1) is 6.92 Å². The van der Waals surface area contributed by atoms with Gasteiger partial charge in [-0.3, -0.25) is 24.3 Å². The van der Waals surface area contributed by atoms with Crippen LogP contribution < -0.4 is 16.2 Å². The molecule has 3 heterocycles. The van der Waals surface area contributed by atoms with E-state index < -0.39 is 29.3 Å². The molecule has 1 aliphatic heterocycles. The van der Waals surface area contributed by atoms with Gasteiger partial charge >= 0.3 is 0 Å². The van der Waals surface area contributed by atoms with Crippen LogP contribution in [0.25, 0.3) is 0 Å². The van der Waals surface area contributed by atoms with Crippen LogP contribution in [0.3, 0.4) is 0 Å². The van der Waals surface area contributed by atoms with E-state index in [2.05, 4.69) is 31.0 Å². The Bertz CT molecular complexity index is 1390. The molecule has 3 aromatic rings. The standard InChI is InChI=1S/C20H19ClN8O4S/c1-9-6-12(4-5-13(9)21)14-7-15(18(33)29(26-14)11(3)31)22-19-24-25-20(34-19)23-16-8-17(32)27-28(16)10(2)30/h4-6,8,15H,7H2,1-3H3,(H,22,24)(H,23,25)(H,27,32). The summed E-state index contributed by atoms with van der Waals surface area (Å²) < 4.78 is 1.04. The smallest absolute Gasteiger partial charge is 0.272 e. The first-order chi connectivity index (χ1) is 16.1. The summed E-state index contributed by atoms with van der Waals surface area (Å²) in [5.41, 5.74) is 1.66. The third-order valence-corrected chi connectivity index (χ3v) is 6.11. The normalized spacial score (nSPS) is 15.8. The number of benzene rings is 1. The van der Waals surface area contributed by atoms with Gasteiger partial charge in [-0.05, 0) is 30.2 Å². The maximum absolute atomic E-state index is 12.9. The summed E-state index contributed by atoms with van der Waals surface area (Å²) in [7, 11) is 0. The molecule has 1 atom stereocenters. The molecule has 0 fully saturated rings. The van der Waals surface area contributed by atoms with E-state index >= 15 is 0 Å². The lowest BCUT2D eigenvalue weighted by Crippen LogP contribution is -2.47. The molecule has 34 heavy (non-hydrogen) atoms. The monoisotopic (exact) mass is 502 g/mol. The Balaban J connectivity index is 1.56. The van der Waals surface area contributed by atoms with Crippen LogP contribution in [0.1, 0.15) is 36.2 Å². The fraction of sp³-hybridized carbons (Fsp3) is 0.250. The van der Waals surface area contributed by atoms with Gasteiger partial charge in [0.1, 0.15) is 11.9 Å². The highest BCUT2D eigenvalue weighted by Gasteiger charge is 2.34. The second kappa shape index (κ2) is 9.19. The third kappa shape index (κ3) is 4.75. The second-order valence-corrected chi connectivity index (χ2v) is 8.86. The summed E-state index contributed by atoms with van der Waals surface area (Å²) in [5, 5.41) is 22.5. The molecule has 0 spiro atoms. The number of carbonyl (C=O) groups excluding carboxylic acids is 3. The number of hydrazone groups is 1. The van der Waals surface area contributed by atoms with E-state index in [-0.39, 0.29) is 17.4 Å². The number of aromatic amines is 1. The number of H-pyrrole nitrogens is 1. The van der Waals surface area contributed by atoms with Crippen LogP contribution >= 0.6 is 22.9 Å². The maximum atomic E-state index is 12.9. The number of aromatic nitrogens is 4. The first kappa shape index (κ1) is 23.3. The van der Waals surface area contributed by atoms with Crippen LogP contribution in [0.4, 0.5) is 16.1 Å². The van der Waals surface area contributed by atoms with Gasteiger partial charge in [0, 0.05) is 31.4 Å². The van der Waals surface area contributed by atoms with Crippen molar-refractivity contribution < 1.29 is 14.4 Å². The topological polar surface area (TPSA) is 154 Å². The summed E-state index contributed by atoms with van der Waals surface area (Å²) in [4.78, 5) is 48.2. The molecule has 0 radical (unpaired) electrons. The molecular weight excluding hydrogens is 484 g/mol. The van der Waals surface area contributed by atoms with E-state index in [9.17, 15) is 19.2 Å². The number of rotatable bonds is 5. The van der Waals surface area contributed by atoms with Crippen LogP contribution in [0.2, 0.25) is 5.02 Å². The van der Waals surface area contributed by atoms with Gasteiger partial charge in [0.05, 0.1) is 5.71 Å². The van der Waals surface area contributed by atoms with Crippen molar-refractivity contribution in [2.75, 3.05) is 10.6 Å². The Kier molecular flexibility index (Phi) is 6.30. The zero-order valence-electron chi connectivity index (χ0n) is 18.2. The molecule has 3 N–H and O–H groups in total. The second-order valence-electron chi connectivity index (χ2n) is 7.48. The van der Waals surface area contributed by atoms with Crippen molar-refractivity contribution in [1.29, 1.82) is 0 Å². The van der Waals surface area contributed by atoms with Gasteiger partial charge in [-0.15, -0.1) is 10.2 Å². The molecule has 2 aromatic heterocycles. The molecule has 0 aliphatic carbocycles. The Labute approximate surface area is 201 Å². The summed E-state index contributed by atoms with van der Waals surface area (Å²) in [6, 6.07) is 5.73. The van der Waals surface area contributed by atoms with E-state index in [1.165, 1.54) is 19.9 Å². The molecule has 1 aliphatic rings. The fourth-order valence-corrected chi connectivity index (χ4v) is 4.12. The summed E-state index contributed by atoms with van der Waals surface area (Å²) in [5.74, 6) is -1.24. The lowest BCUT2D eigenvalue weighted by atomic mass is 9.99. The molecule has 1 unspecified atom stereocenters. The molecule has 4 rings (SSSR count). The minimum Gasteiger partial charge on any atom is -0.348 e. The minimum atomic E-state index is -0.823. The minimum absolute atomic E-state index is 0.198. The number of anilines is 3. The number of imide groups is 1. The van der Waals surface area contributed by atoms with Crippen LogP contribution in [0.15, 0.2) is 34.2 Å². The highest BCUT2D eigenvalue weighted by atomic mass is 35.5. The van der Waals surface area contributed by atoms with Crippen molar-refractivity contribution in [3.05, 3.63) is 50.8 Å². The first-order valence-electron chi connectivity index (χ1n) is 10.0. The number of carbonyl (C=O) groups is 3. The first-order valence-corrected chi connectivity index (χ1v) is 11.2.